The fourth-order valence-electron chi connectivity index (χ4n) is 14.2. The van der Waals surface area contributed by atoms with Crippen LogP contribution in [0.25, 0.3) is 66.4 Å². The van der Waals surface area contributed by atoms with E-state index in [2.05, 4.69) is 96.0 Å². The lowest BCUT2D eigenvalue weighted by molar-refractivity contribution is 0.607. The summed E-state index contributed by atoms with van der Waals surface area (Å²) in [6.07, 6.45) is 10.5. The van der Waals surface area contributed by atoms with E-state index in [0.717, 1.165) is 47.8 Å². The average molecular weight is 1900 g/mol. The Morgan fingerprint density at radius 3 is 1.42 bits per heavy atom. The molecule has 0 amide bonds. The van der Waals surface area contributed by atoms with Gasteiger partial charge in [0.1, 0.15) is 156 Å². The minimum atomic E-state index is -0.778. The van der Waals surface area contributed by atoms with Crippen LogP contribution in [0.3, 0.4) is 0 Å². The molecule has 0 saturated heterocycles. The molecule has 36 nitrogen and oxygen atoms in total. The van der Waals surface area contributed by atoms with Gasteiger partial charge in [-0.2, -0.15) is 15.8 Å². The fraction of sp³-hybridized carbons (Fsp3) is 0.193. The Labute approximate surface area is 774 Å². The number of nitrogens with two attached hydrogens (primary N) is 5. The van der Waals surface area contributed by atoms with E-state index in [1.807, 2.05) is 32.1 Å². The molecule has 4 atom stereocenters. The molecule has 14 N–H and O–H groups in total. The number of pyridine rings is 4. The molecular weight excluding hydrogens is 1820 g/mol. The number of nitriles is 3. The second-order valence-corrected chi connectivity index (χ2v) is 31.1. The van der Waals surface area contributed by atoms with Gasteiger partial charge in [-0.1, -0.05) is 79.7 Å². The summed E-state index contributed by atoms with van der Waals surface area (Å²) in [5, 5.41) is 41.1. The third kappa shape index (κ3) is 19.8. The first-order chi connectivity index (χ1) is 64.0. The Bertz CT molecular complexity index is 7770. The molecule has 0 saturated carbocycles. The Morgan fingerprint density at radius 2 is 0.881 bits per heavy atom. The van der Waals surface area contributed by atoms with E-state index in [1.54, 1.807) is 71.9 Å². The van der Waals surface area contributed by atoms with Gasteiger partial charge in [-0.05, 0) is 128 Å². The number of nitrogens with one attached hydrogen (secondary N) is 4. The highest BCUT2D eigenvalue weighted by Crippen LogP contribution is 2.37. The van der Waals surface area contributed by atoms with E-state index < -0.39 is 81.3 Å². The highest BCUT2D eigenvalue weighted by atomic mass is 35.5. The van der Waals surface area contributed by atoms with Crippen molar-refractivity contribution in [2.24, 2.45) is 0 Å². The largest absolute Gasteiger partial charge is 0.384 e. The van der Waals surface area contributed by atoms with Crippen LogP contribution < -0.4 is 72.2 Å². The number of anilines is 9. The van der Waals surface area contributed by atoms with Gasteiger partial charge in [-0.15, -0.1) is 0 Å². The second-order valence-electron chi connectivity index (χ2n) is 29.5. The number of aryl methyl sites for hydroxylation is 4. The lowest BCUT2D eigenvalue weighted by Crippen LogP contribution is -2.29. The van der Waals surface area contributed by atoms with Crippen molar-refractivity contribution in [2.75, 3.05) is 49.9 Å². The first-order valence-electron chi connectivity index (χ1n) is 40.3. The Morgan fingerprint density at radius 1 is 0.410 bits per heavy atom. The predicted molar refractivity (Wildman–Crippen MR) is 495 cm³/mol. The van der Waals surface area contributed by atoms with Gasteiger partial charge in [-0.25, -0.2) is 91.1 Å². The summed E-state index contributed by atoms with van der Waals surface area (Å²) < 4.78 is 90.0. The fourth-order valence-corrected chi connectivity index (χ4v) is 15.1. The normalized spacial score (nSPS) is 11.9. The molecule has 12 aromatic heterocycles. The molecule has 46 heteroatoms. The molecule has 680 valence electrons. The number of hydrogen-bond acceptors (Lipinski definition) is 32. The molecule has 12 heterocycles. The molecule has 134 heavy (non-hydrogen) atoms. The molecule has 0 aliphatic heterocycles. The molecule has 0 aliphatic rings. The van der Waals surface area contributed by atoms with E-state index in [1.165, 1.54) is 81.8 Å². The van der Waals surface area contributed by atoms with Crippen molar-refractivity contribution in [2.45, 2.75) is 112 Å². The van der Waals surface area contributed by atoms with Crippen LogP contribution in [0, 0.1) is 104 Å². The van der Waals surface area contributed by atoms with E-state index in [-0.39, 0.29) is 162 Å². The molecule has 0 aliphatic carbocycles. The minimum Gasteiger partial charge on any atom is -0.384 e. The molecule has 0 spiro atoms. The number of benzene rings is 4. The number of rotatable bonds is 20. The smallest absolute Gasteiger partial charge is 0.267 e. The third-order valence-corrected chi connectivity index (χ3v) is 21.8. The SMILES string of the molecule is CCC[C@H](Nc1nc(C)nc(N)c1Cl)c1nc2ccc(F)c(Cl)c2c(=O)n1-c1ccc(N)nc1.CC[C@H](Nc1nc(C)nc(N)c1C#N)c1nc2c(F)ccc(Cl)c2c(=O)n1-c1cncc(F)c1.CC[C@H](Nc1nc(C)nc(N)c1C#N)c1nc2cccc(Cl)c2c(=O)n1-c1cncc(F)c1.Cc1nc(N)c(C#N)c(N[C@@H](C)c2nc3ccc(F)cc3c(=O)n2-c2cncc(F)c2C)n1. The van der Waals surface area contributed by atoms with Crippen LogP contribution in [-0.4, -0.2) is 98.0 Å². The molecule has 4 aromatic carbocycles. The minimum absolute atomic E-state index is 0.000355. The summed E-state index contributed by atoms with van der Waals surface area (Å²) >= 11 is 25.0. The van der Waals surface area contributed by atoms with Crippen molar-refractivity contribution < 1.29 is 26.3 Å². The summed E-state index contributed by atoms with van der Waals surface area (Å²) in [5.41, 5.74) is 28.6. The van der Waals surface area contributed by atoms with Gasteiger partial charge in [-0.3, -0.25) is 52.4 Å². The van der Waals surface area contributed by atoms with Crippen LogP contribution in [-0.2, 0) is 0 Å². The summed E-state index contributed by atoms with van der Waals surface area (Å²) in [4.78, 5) is 121. The molecule has 0 unspecified atom stereocenters. The summed E-state index contributed by atoms with van der Waals surface area (Å²) in [5.74, 6) is -0.542. The van der Waals surface area contributed by atoms with Crippen molar-refractivity contribution in [3.63, 3.8) is 0 Å². The van der Waals surface area contributed by atoms with Crippen LogP contribution >= 0.6 is 46.4 Å². The van der Waals surface area contributed by atoms with Crippen molar-refractivity contribution in [1.29, 1.82) is 15.8 Å². The highest BCUT2D eigenvalue weighted by molar-refractivity contribution is 6.36. The molecule has 16 aromatic rings. The second kappa shape index (κ2) is 40.4. The Hall–Kier alpha value is -16.2. The van der Waals surface area contributed by atoms with Crippen LogP contribution in [0.4, 0.5) is 78.7 Å². The Kier molecular flexibility index (Phi) is 28.8. The van der Waals surface area contributed by atoms with Gasteiger partial charge in [0.25, 0.3) is 22.2 Å². The third-order valence-electron chi connectivity index (χ3n) is 20.4. The van der Waals surface area contributed by atoms with Crippen LogP contribution in [0.5, 0.6) is 0 Å². The molecule has 0 bridgehead atoms. The first-order valence-corrected chi connectivity index (χ1v) is 41.8. The van der Waals surface area contributed by atoms with Crippen LogP contribution in [0.1, 0.15) is 146 Å². The number of nitrogens with zero attached hydrogens (tertiary/aromatic N) is 23. The van der Waals surface area contributed by atoms with Gasteiger partial charge in [0.05, 0.1) is 143 Å². The van der Waals surface area contributed by atoms with Crippen molar-refractivity contribution in [3.8, 4) is 41.0 Å². The zero-order valence-corrected chi connectivity index (χ0v) is 74.9. The monoisotopic (exact) mass is 1900 g/mol. The van der Waals surface area contributed by atoms with Crippen molar-refractivity contribution in [3.05, 3.63) is 294 Å². The number of halogens is 10. The number of hydrogen-bond donors (Lipinski definition) is 9. The number of fused-ring (bicyclic) bond motifs is 4. The van der Waals surface area contributed by atoms with Gasteiger partial charge < -0.3 is 49.9 Å². The maximum absolute atomic E-state index is 14.7. The van der Waals surface area contributed by atoms with Crippen LogP contribution in [0.15, 0.2) is 147 Å². The zero-order valence-electron chi connectivity index (χ0n) is 71.8. The lowest BCUT2D eigenvalue weighted by Gasteiger charge is -2.23. The predicted octanol–water partition coefficient (Wildman–Crippen LogP) is 15.1. The first kappa shape index (κ1) is 95.4. The molecular formula is C88H74Cl4F6N32O4. The highest BCUT2D eigenvalue weighted by Gasteiger charge is 2.31. The van der Waals surface area contributed by atoms with Gasteiger partial charge in [0.2, 0.25) is 0 Å². The van der Waals surface area contributed by atoms with E-state index in [4.69, 9.17) is 80.1 Å². The molecule has 16 rings (SSSR count). The van der Waals surface area contributed by atoms with Gasteiger partial charge in [0.15, 0.2) is 23.3 Å². The maximum atomic E-state index is 14.7. The lowest BCUT2D eigenvalue weighted by atomic mass is 10.1. The zero-order chi connectivity index (χ0) is 96.7. The topological polar surface area (TPSA) is 544 Å². The summed E-state index contributed by atoms with van der Waals surface area (Å²) in [7, 11) is 0. The quantitative estimate of drug-likeness (QED) is 0.0320. The number of nitrogen functional groups attached to an aromatic ring is 5. The van der Waals surface area contributed by atoms with Gasteiger partial charge >= 0.3 is 0 Å². The molecule has 0 fully saturated rings. The standard InChI is InChI=1S/C22H21Cl2FN8O.C22H17ClF2N8O.C22H18ClFN8O.C22H18F2N8O/c1-3-4-14(31-20-18(24)19(27)29-10(2)30-20)21-32-13-7-6-12(25)17(23)16(13)22(34)33(21)11-5-8-15(26)28-9-11;1-3-16(31-20-13(7-26)19(27)29-10(2)30-20)21-32-18-15(25)5-4-14(23)17(18)22(34)33(21)12-6-11(24)8-28-9-12;1-3-16(30-20-14(8-25)19(26)28-11(2)29-20)21-31-17-6-4-5-15(23)18(17)22(33)32(21)13-7-12(24)9-27-10-13;1-10-16(24)8-27-9-18(10)32-21(31-17-5-4-13(23)6-14(17)22(32)33)11(2)28-20-15(7-25)19(26)29-12(3)30-20/h5-9,14H,3-4H2,1-2H3,(H2,26,28)(H3,27,29,30,31);4-6,8-9,16H,3H2,1-2H3,(H3,27,29,30,31);4-7,9-10,16H,3H2,1-2H3,(H3,26,28,29,30);4-6,8-9,11H,1-3H3,(H3,26,28,29,30)/t14-;2*16-;11-/m0000/s1. The van der Waals surface area contributed by atoms with Gasteiger partial charge in [0, 0.05) is 17.7 Å². The van der Waals surface area contributed by atoms with E-state index in [0.29, 0.717) is 65.4 Å². The average Bonchev–Trinajstić information content (AvgIpc) is 0.761. The number of aromatic nitrogens is 20. The molecule has 0 radical (unpaired) electrons. The Balaban J connectivity index is 0.000000152. The van der Waals surface area contributed by atoms with Crippen molar-refractivity contribution >= 4 is 142 Å². The van der Waals surface area contributed by atoms with E-state index in [9.17, 15) is 61.3 Å². The van der Waals surface area contributed by atoms with Crippen LogP contribution in [0.2, 0.25) is 20.1 Å². The summed E-state index contributed by atoms with van der Waals surface area (Å²) in [6.45, 7) is 15.4. The summed E-state index contributed by atoms with van der Waals surface area (Å²) in [6, 6.07) is 22.2. The van der Waals surface area contributed by atoms with E-state index >= 15 is 0 Å². The maximum Gasteiger partial charge on any atom is 0.267 e. The van der Waals surface area contributed by atoms with Crippen molar-refractivity contribution in [1.82, 2.24) is 98.0 Å².